The van der Waals surface area contributed by atoms with Crippen molar-refractivity contribution in [1.29, 1.82) is 0 Å². The number of amides is 1. The molecular formula is C20H35NO. The van der Waals surface area contributed by atoms with Crippen LogP contribution in [0.1, 0.15) is 90.4 Å². The van der Waals surface area contributed by atoms with E-state index in [1.165, 1.54) is 70.6 Å². The third kappa shape index (κ3) is 4.36. The number of hydrogen-bond donors (Lipinski definition) is 1. The summed E-state index contributed by atoms with van der Waals surface area (Å²) in [5, 5.41) is 0. The van der Waals surface area contributed by atoms with Crippen LogP contribution in [0.15, 0.2) is 12.2 Å². The molecule has 0 unspecified atom stereocenters. The fourth-order valence-corrected chi connectivity index (χ4v) is 4.58. The van der Waals surface area contributed by atoms with Gasteiger partial charge in [0.2, 0.25) is 5.91 Å². The lowest BCUT2D eigenvalue weighted by molar-refractivity contribution is -0.129. The highest BCUT2D eigenvalue weighted by atomic mass is 16.1. The Morgan fingerprint density at radius 2 is 1.59 bits per heavy atom. The smallest absolute Gasteiger partial charge is 0.224 e. The van der Waals surface area contributed by atoms with Crippen LogP contribution in [0.3, 0.4) is 0 Å². The highest BCUT2D eigenvalue weighted by Gasteiger charge is 2.51. The Kier molecular flexibility index (Phi) is 6.98. The van der Waals surface area contributed by atoms with Gasteiger partial charge in [-0.3, -0.25) is 4.79 Å². The number of allylic oxidation sites excluding steroid dienone is 2. The maximum absolute atomic E-state index is 12.0. The number of fused-ring (bicyclic) bond motifs is 2. The summed E-state index contributed by atoms with van der Waals surface area (Å²) in [6.45, 7) is 2.27. The highest BCUT2D eigenvalue weighted by Crippen LogP contribution is 2.54. The van der Waals surface area contributed by atoms with Crippen LogP contribution in [0.5, 0.6) is 0 Å². The first-order valence-corrected chi connectivity index (χ1v) is 9.67. The molecule has 2 aliphatic carbocycles. The van der Waals surface area contributed by atoms with Crippen molar-refractivity contribution in [1.82, 2.24) is 0 Å². The average molecular weight is 306 g/mol. The van der Waals surface area contributed by atoms with Crippen molar-refractivity contribution in [3.63, 3.8) is 0 Å². The van der Waals surface area contributed by atoms with E-state index in [2.05, 4.69) is 19.1 Å². The first-order valence-electron chi connectivity index (χ1n) is 9.67. The van der Waals surface area contributed by atoms with Crippen LogP contribution in [0.2, 0.25) is 0 Å². The van der Waals surface area contributed by atoms with Crippen molar-refractivity contribution in [3.8, 4) is 0 Å². The van der Waals surface area contributed by atoms with Crippen molar-refractivity contribution in [2.75, 3.05) is 0 Å². The van der Waals surface area contributed by atoms with Crippen LogP contribution in [0, 0.1) is 17.3 Å². The van der Waals surface area contributed by atoms with Gasteiger partial charge in [0, 0.05) is 0 Å². The standard InChI is InChI=1S/C20H35NO/c1-2-3-4-5-6-7-8-9-10-11-14-20(19(21)22)16-17-12-13-18(20)15-17/h12-13,17-18H,2-11,14-16H2,1H3,(H2,21,22)/t17-,18-,20-/m0/s1. The van der Waals surface area contributed by atoms with E-state index in [4.69, 9.17) is 5.73 Å². The molecule has 2 N–H and O–H groups in total. The second-order valence-corrected chi connectivity index (χ2v) is 7.64. The normalized spacial score (nSPS) is 29.3. The maximum Gasteiger partial charge on any atom is 0.224 e. The van der Waals surface area contributed by atoms with Crippen molar-refractivity contribution in [2.24, 2.45) is 23.0 Å². The van der Waals surface area contributed by atoms with Gasteiger partial charge in [0.05, 0.1) is 5.41 Å². The van der Waals surface area contributed by atoms with Crippen molar-refractivity contribution < 1.29 is 4.79 Å². The molecule has 1 fully saturated rings. The van der Waals surface area contributed by atoms with E-state index in [-0.39, 0.29) is 11.3 Å². The second-order valence-electron chi connectivity index (χ2n) is 7.64. The molecule has 2 bridgehead atoms. The largest absolute Gasteiger partial charge is 0.369 e. The van der Waals surface area contributed by atoms with E-state index >= 15 is 0 Å². The molecule has 3 atom stereocenters. The molecule has 0 radical (unpaired) electrons. The average Bonchev–Trinajstić information content (AvgIpc) is 3.10. The van der Waals surface area contributed by atoms with Gasteiger partial charge in [-0.25, -0.2) is 0 Å². The topological polar surface area (TPSA) is 43.1 Å². The van der Waals surface area contributed by atoms with E-state index in [9.17, 15) is 4.79 Å². The van der Waals surface area contributed by atoms with Crippen LogP contribution in [0.4, 0.5) is 0 Å². The van der Waals surface area contributed by atoms with E-state index in [0.717, 1.165) is 12.8 Å². The Morgan fingerprint density at radius 1 is 1.00 bits per heavy atom. The molecule has 22 heavy (non-hydrogen) atoms. The number of carbonyl (C=O) groups excluding carboxylic acids is 1. The molecule has 0 aromatic rings. The molecule has 2 rings (SSSR count). The molecule has 0 spiro atoms. The van der Waals surface area contributed by atoms with E-state index < -0.39 is 0 Å². The molecule has 0 heterocycles. The molecule has 126 valence electrons. The summed E-state index contributed by atoms with van der Waals surface area (Å²) in [5.41, 5.74) is 5.57. The molecule has 0 aromatic carbocycles. The molecule has 0 aliphatic heterocycles. The van der Waals surface area contributed by atoms with Crippen LogP contribution < -0.4 is 5.73 Å². The minimum Gasteiger partial charge on any atom is -0.369 e. The number of carbonyl (C=O) groups is 1. The summed E-state index contributed by atoms with van der Waals surface area (Å²) in [6.07, 6.45) is 21.2. The number of primary amides is 1. The Morgan fingerprint density at radius 3 is 2.05 bits per heavy atom. The zero-order valence-corrected chi connectivity index (χ0v) is 14.5. The van der Waals surface area contributed by atoms with Gasteiger partial charge in [-0.2, -0.15) is 0 Å². The fourth-order valence-electron chi connectivity index (χ4n) is 4.58. The van der Waals surface area contributed by atoms with Crippen molar-refractivity contribution in [2.45, 2.75) is 90.4 Å². The Balaban J connectivity index is 1.54. The molecule has 0 saturated heterocycles. The third-order valence-electron chi connectivity index (χ3n) is 5.98. The minimum atomic E-state index is -0.195. The second kappa shape index (κ2) is 8.74. The summed E-state index contributed by atoms with van der Waals surface area (Å²) < 4.78 is 0. The molecule has 2 nitrogen and oxygen atoms in total. The summed E-state index contributed by atoms with van der Waals surface area (Å²) in [4.78, 5) is 12.0. The summed E-state index contributed by atoms with van der Waals surface area (Å²) in [5.74, 6) is 1.02. The molecule has 1 saturated carbocycles. The zero-order valence-electron chi connectivity index (χ0n) is 14.5. The van der Waals surface area contributed by atoms with Gasteiger partial charge in [0.15, 0.2) is 0 Å². The lowest BCUT2D eigenvalue weighted by atomic mass is 9.71. The quantitative estimate of drug-likeness (QED) is 0.382. The van der Waals surface area contributed by atoms with Gasteiger partial charge in [-0.05, 0) is 31.1 Å². The van der Waals surface area contributed by atoms with Crippen LogP contribution in [0.25, 0.3) is 0 Å². The van der Waals surface area contributed by atoms with E-state index in [1.807, 2.05) is 0 Å². The van der Waals surface area contributed by atoms with Crippen LogP contribution in [-0.4, -0.2) is 5.91 Å². The van der Waals surface area contributed by atoms with Gasteiger partial charge in [0.1, 0.15) is 0 Å². The van der Waals surface area contributed by atoms with Gasteiger partial charge in [0.25, 0.3) is 0 Å². The predicted octanol–water partition coefficient (Wildman–Crippen LogP) is 5.37. The summed E-state index contributed by atoms with van der Waals surface area (Å²) >= 11 is 0. The number of nitrogens with two attached hydrogens (primary N) is 1. The molecule has 2 heteroatoms. The third-order valence-corrected chi connectivity index (χ3v) is 5.98. The van der Waals surface area contributed by atoms with Crippen molar-refractivity contribution >= 4 is 5.91 Å². The summed E-state index contributed by atoms with van der Waals surface area (Å²) in [7, 11) is 0. The Bertz CT molecular complexity index is 376. The lowest BCUT2D eigenvalue weighted by Gasteiger charge is -2.32. The molecule has 2 aliphatic rings. The van der Waals surface area contributed by atoms with Gasteiger partial charge in [-0.15, -0.1) is 0 Å². The maximum atomic E-state index is 12.0. The van der Waals surface area contributed by atoms with Gasteiger partial charge >= 0.3 is 0 Å². The van der Waals surface area contributed by atoms with Crippen molar-refractivity contribution in [3.05, 3.63) is 12.2 Å². The Hall–Kier alpha value is -0.790. The first kappa shape index (κ1) is 17.6. The lowest BCUT2D eigenvalue weighted by Crippen LogP contribution is -2.40. The van der Waals surface area contributed by atoms with Crippen LogP contribution in [-0.2, 0) is 4.79 Å². The predicted molar refractivity (Wildman–Crippen MR) is 93.4 cm³/mol. The number of hydrogen-bond acceptors (Lipinski definition) is 1. The number of rotatable bonds is 12. The SMILES string of the molecule is CCCCCCCCCCCC[C@]1(C(N)=O)C[C@H]2C=C[C@H]1C2. The first-order chi connectivity index (χ1) is 10.7. The summed E-state index contributed by atoms with van der Waals surface area (Å²) in [6, 6.07) is 0. The fraction of sp³-hybridized carbons (Fsp3) is 0.850. The highest BCUT2D eigenvalue weighted by molar-refractivity contribution is 5.82. The Labute approximate surface area is 136 Å². The van der Waals surface area contributed by atoms with Crippen LogP contribution >= 0.6 is 0 Å². The molecular weight excluding hydrogens is 270 g/mol. The zero-order chi connectivity index (χ0) is 15.8. The molecule has 1 amide bonds. The van der Waals surface area contributed by atoms with Gasteiger partial charge in [-0.1, -0.05) is 83.3 Å². The number of unbranched alkanes of at least 4 members (excludes halogenated alkanes) is 9. The monoisotopic (exact) mass is 305 g/mol. The van der Waals surface area contributed by atoms with Gasteiger partial charge < -0.3 is 5.73 Å². The van der Waals surface area contributed by atoms with E-state index in [1.54, 1.807) is 0 Å². The van der Waals surface area contributed by atoms with E-state index in [0.29, 0.717) is 11.8 Å². The molecule has 0 aromatic heterocycles. The minimum absolute atomic E-state index is 0.0414.